The lowest BCUT2D eigenvalue weighted by molar-refractivity contribution is 0.484. The second-order valence-electron chi connectivity index (χ2n) is 13.4. The predicted octanol–water partition coefficient (Wildman–Crippen LogP) is 13.2. The van der Waals surface area contributed by atoms with Crippen LogP contribution < -0.4 is 4.74 Å². The fourth-order valence-electron chi connectivity index (χ4n) is 8.16. The molecule has 0 unspecified atom stereocenters. The van der Waals surface area contributed by atoms with Crippen molar-refractivity contribution >= 4 is 107 Å². The zero-order valence-corrected chi connectivity index (χ0v) is 29.7. The van der Waals surface area contributed by atoms with Crippen LogP contribution in [0.4, 0.5) is 0 Å². The molecule has 0 radical (unpaired) electrons. The fraction of sp³-hybridized carbons (Fsp3) is 0. The van der Waals surface area contributed by atoms with Crippen molar-refractivity contribution in [3.63, 3.8) is 0 Å². The molecule has 0 N–H and O–H groups in total. The van der Waals surface area contributed by atoms with Crippen LogP contribution in [0.15, 0.2) is 158 Å². The molecular weight excluding hydrogens is 689 g/mol. The summed E-state index contributed by atoms with van der Waals surface area (Å²) in [6.07, 6.45) is 3.71. The lowest BCUT2D eigenvalue weighted by Gasteiger charge is -2.10. The molecule has 53 heavy (non-hydrogen) atoms. The van der Waals surface area contributed by atoms with E-state index in [0.717, 1.165) is 56.0 Å². The van der Waals surface area contributed by atoms with Gasteiger partial charge in [-0.3, -0.25) is 9.13 Å². The van der Waals surface area contributed by atoms with Gasteiger partial charge in [0.05, 0.1) is 22.1 Å². The number of nitrogens with zero attached hydrogens (tertiary/aromatic N) is 4. The molecule has 0 aliphatic heterocycles. The van der Waals surface area contributed by atoms with E-state index in [1.54, 1.807) is 0 Å². The maximum absolute atomic E-state index is 6.75. The van der Waals surface area contributed by atoms with Crippen molar-refractivity contribution in [2.45, 2.75) is 0 Å². The van der Waals surface area contributed by atoms with Gasteiger partial charge in [0, 0.05) is 86.4 Å². The standard InChI is InChI=1S/C46H26N4OS2/c1-3-11-41-31(9-1)35-23-33-29-17-15-27(21-37(29)49(39(33)25-43(35)52-41)45-13-5-7-19-47-45)51-28-16-18-30-34-24-36-32-10-2-4-12-42(32)53-44(36)26-40(34)50(38(30)22-28)46-14-6-8-20-48-46/h1-26H. The minimum absolute atomic E-state index is 0.761. The smallest absolute Gasteiger partial charge is 0.137 e. The van der Waals surface area contributed by atoms with E-state index in [2.05, 4.69) is 130 Å². The Morgan fingerprint density at radius 2 is 0.811 bits per heavy atom. The normalized spacial score (nSPS) is 12.2. The second kappa shape index (κ2) is 11.0. The summed E-state index contributed by atoms with van der Waals surface area (Å²) in [5.74, 6) is 3.27. The van der Waals surface area contributed by atoms with Crippen LogP contribution in [0.1, 0.15) is 0 Å². The molecule has 0 saturated heterocycles. The quantitative estimate of drug-likeness (QED) is 0.182. The second-order valence-corrected chi connectivity index (χ2v) is 15.6. The van der Waals surface area contributed by atoms with E-state index < -0.39 is 0 Å². The molecule has 0 spiro atoms. The van der Waals surface area contributed by atoms with E-state index in [1.807, 2.05) is 59.3 Å². The molecule has 0 amide bonds. The first kappa shape index (κ1) is 29.1. The summed E-state index contributed by atoms with van der Waals surface area (Å²) in [6, 6.07) is 51.6. The van der Waals surface area contributed by atoms with Crippen molar-refractivity contribution in [2.75, 3.05) is 0 Å². The Kier molecular flexibility index (Phi) is 6.03. The van der Waals surface area contributed by atoms with Crippen LogP contribution >= 0.6 is 22.7 Å². The Hall–Kier alpha value is -6.54. The topological polar surface area (TPSA) is 44.9 Å². The largest absolute Gasteiger partial charge is 0.457 e. The SMILES string of the molecule is c1ccc(-n2c3cc(Oc4ccc5c6cc7c(cc6n(-c6ccccn6)c5c4)sc4ccccc47)ccc3c3cc4c(cc32)sc2ccccc24)nc1. The summed E-state index contributed by atoms with van der Waals surface area (Å²) in [5.41, 5.74) is 4.36. The number of aromatic nitrogens is 4. The highest BCUT2D eigenvalue weighted by atomic mass is 32.1. The highest BCUT2D eigenvalue weighted by molar-refractivity contribution is 7.26. The van der Waals surface area contributed by atoms with Gasteiger partial charge in [-0.2, -0.15) is 0 Å². The van der Waals surface area contributed by atoms with Gasteiger partial charge in [0.2, 0.25) is 0 Å². The molecule has 0 bridgehead atoms. The Morgan fingerprint density at radius 3 is 1.28 bits per heavy atom. The third-order valence-electron chi connectivity index (χ3n) is 10.5. The van der Waals surface area contributed by atoms with Gasteiger partial charge in [0.25, 0.3) is 0 Å². The molecule has 0 fully saturated rings. The molecule has 6 aromatic carbocycles. The predicted molar refractivity (Wildman–Crippen MR) is 223 cm³/mol. The highest BCUT2D eigenvalue weighted by Crippen LogP contribution is 2.43. The number of hydrogen-bond acceptors (Lipinski definition) is 5. The number of fused-ring (bicyclic) bond motifs is 12. The maximum atomic E-state index is 6.75. The van der Waals surface area contributed by atoms with Crippen LogP contribution in [0.5, 0.6) is 11.5 Å². The van der Waals surface area contributed by atoms with Crippen LogP contribution in [0.3, 0.4) is 0 Å². The monoisotopic (exact) mass is 714 g/mol. The molecule has 12 rings (SSSR count). The molecule has 12 aromatic rings. The number of thiophene rings is 2. The van der Waals surface area contributed by atoms with Crippen LogP contribution in [-0.4, -0.2) is 19.1 Å². The molecule has 0 aliphatic carbocycles. The summed E-state index contributed by atoms with van der Waals surface area (Å²) >= 11 is 3.67. The number of rotatable bonds is 4. The Labute approximate surface area is 310 Å². The van der Waals surface area contributed by atoms with Crippen molar-refractivity contribution in [2.24, 2.45) is 0 Å². The summed E-state index contributed by atoms with van der Waals surface area (Å²) in [4.78, 5) is 9.60. The molecule has 5 nitrogen and oxygen atoms in total. The van der Waals surface area contributed by atoms with E-state index in [4.69, 9.17) is 14.7 Å². The van der Waals surface area contributed by atoms with E-state index in [-0.39, 0.29) is 0 Å². The van der Waals surface area contributed by atoms with Crippen LogP contribution in [0, 0.1) is 0 Å². The summed E-state index contributed by atoms with van der Waals surface area (Å²) < 4.78 is 16.4. The van der Waals surface area contributed by atoms with Gasteiger partial charge < -0.3 is 4.74 Å². The number of benzene rings is 6. The minimum atomic E-state index is 0.761. The van der Waals surface area contributed by atoms with E-state index in [1.165, 1.54) is 51.1 Å². The lowest BCUT2D eigenvalue weighted by Crippen LogP contribution is -1.97. The van der Waals surface area contributed by atoms with Crippen LogP contribution in [-0.2, 0) is 0 Å². The molecule has 0 aliphatic rings. The molecular formula is C46H26N4OS2. The molecule has 0 atom stereocenters. The van der Waals surface area contributed by atoms with Crippen LogP contribution in [0.25, 0.3) is 95.6 Å². The van der Waals surface area contributed by atoms with Gasteiger partial charge in [-0.05, 0) is 84.9 Å². The average molecular weight is 715 g/mol. The average Bonchev–Trinajstić information content (AvgIpc) is 3.93. The van der Waals surface area contributed by atoms with Crippen molar-refractivity contribution < 1.29 is 4.74 Å². The molecule has 7 heteroatoms. The fourth-order valence-corrected chi connectivity index (χ4v) is 10.4. The zero-order chi connectivity index (χ0) is 34.6. The third kappa shape index (κ3) is 4.29. The van der Waals surface area contributed by atoms with Gasteiger partial charge in [0.15, 0.2) is 0 Å². The molecule has 6 aromatic heterocycles. The maximum Gasteiger partial charge on any atom is 0.137 e. The molecule has 0 saturated carbocycles. The van der Waals surface area contributed by atoms with Crippen molar-refractivity contribution in [3.8, 4) is 23.1 Å². The molecule has 248 valence electrons. The van der Waals surface area contributed by atoms with Gasteiger partial charge in [-0.25, -0.2) is 9.97 Å². The van der Waals surface area contributed by atoms with Crippen molar-refractivity contribution in [3.05, 3.63) is 158 Å². The zero-order valence-electron chi connectivity index (χ0n) is 28.0. The van der Waals surface area contributed by atoms with Crippen molar-refractivity contribution in [1.82, 2.24) is 19.1 Å². The Balaban J connectivity index is 1.04. The summed E-state index contributed by atoms with van der Waals surface area (Å²) in [7, 11) is 0. The van der Waals surface area contributed by atoms with E-state index in [9.17, 15) is 0 Å². The van der Waals surface area contributed by atoms with Gasteiger partial charge in [0.1, 0.15) is 23.1 Å². The van der Waals surface area contributed by atoms with Crippen molar-refractivity contribution in [1.29, 1.82) is 0 Å². The Bertz CT molecular complexity index is 3200. The number of pyridine rings is 2. The molecule has 6 heterocycles. The van der Waals surface area contributed by atoms with E-state index in [0.29, 0.717) is 0 Å². The third-order valence-corrected chi connectivity index (χ3v) is 12.7. The summed E-state index contributed by atoms with van der Waals surface area (Å²) in [5, 5.41) is 9.86. The highest BCUT2D eigenvalue weighted by Gasteiger charge is 2.19. The summed E-state index contributed by atoms with van der Waals surface area (Å²) in [6.45, 7) is 0. The van der Waals surface area contributed by atoms with Crippen LogP contribution in [0.2, 0.25) is 0 Å². The first-order chi connectivity index (χ1) is 26.2. The van der Waals surface area contributed by atoms with Gasteiger partial charge in [-0.15, -0.1) is 22.7 Å². The van der Waals surface area contributed by atoms with Gasteiger partial charge in [-0.1, -0.05) is 48.5 Å². The first-order valence-electron chi connectivity index (χ1n) is 17.5. The number of hydrogen-bond donors (Lipinski definition) is 0. The minimum Gasteiger partial charge on any atom is -0.457 e. The number of ether oxygens (including phenoxy) is 1. The first-order valence-corrected chi connectivity index (χ1v) is 19.2. The van der Waals surface area contributed by atoms with E-state index >= 15 is 0 Å². The lowest BCUT2D eigenvalue weighted by atomic mass is 10.1. The Morgan fingerprint density at radius 1 is 0.358 bits per heavy atom. The van der Waals surface area contributed by atoms with Gasteiger partial charge >= 0.3 is 0 Å².